The summed E-state index contributed by atoms with van der Waals surface area (Å²) in [6.07, 6.45) is 5.82. The minimum absolute atomic E-state index is 0.0518. The number of nitrogens with two attached hydrogens (primary N) is 1. The molecule has 0 fully saturated rings. The van der Waals surface area contributed by atoms with E-state index < -0.39 is 26.4 Å². The SMILES string of the molecule is C=CCOC(=O)/C=C/[C@H](Cc1ccc(O[Si](C(C)C)(C(C)C)C(C)C)cc1)NC(=O)[C@H](N)[C@H](C)CC. The summed E-state index contributed by atoms with van der Waals surface area (Å²) in [5, 5.41) is 2.99. The van der Waals surface area contributed by atoms with Gasteiger partial charge in [-0.05, 0) is 46.7 Å². The standard InChI is InChI=1S/C29H48N2O4Si/c1-10-18-34-27(32)17-14-25(31-29(33)28(30)23(9)11-2)19-24-12-15-26(16-13-24)35-36(20(3)4,21(5)6)22(7)8/h10,12-17,20-23,25,28H,1,11,18-19,30H2,2-9H3,(H,31,33)/b17-14+/t23-,25-,28-/m1/s1. The zero-order valence-electron chi connectivity index (χ0n) is 23.5. The summed E-state index contributed by atoms with van der Waals surface area (Å²) in [5.41, 5.74) is 8.60. The van der Waals surface area contributed by atoms with Crippen LogP contribution in [0.25, 0.3) is 0 Å². The Hall–Kier alpha value is -2.38. The normalized spacial score (nSPS) is 14.7. The Morgan fingerprint density at radius 3 is 2.06 bits per heavy atom. The Morgan fingerprint density at radius 2 is 1.58 bits per heavy atom. The lowest BCUT2D eigenvalue weighted by atomic mass is 9.98. The monoisotopic (exact) mass is 516 g/mol. The lowest BCUT2D eigenvalue weighted by Crippen LogP contribution is -2.50. The number of hydrogen-bond donors (Lipinski definition) is 2. The Kier molecular flexibility index (Phi) is 13.2. The maximum Gasteiger partial charge on any atom is 0.330 e. The Morgan fingerprint density at radius 1 is 1.03 bits per heavy atom. The second-order valence-electron chi connectivity index (χ2n) is 10.6. The number of ether oxygens (including phenoxy) is 1. The van der Waals surface area contributed by atoms with Crippen LogP contribution < -0.4 is 15.5 Å². The van der Waals surface area contributed by atoms with Gasteiger partial charge in [-0.15, -0.1) is 0 Å². The van der Waals surface area contributed by atoms with Crippen molar-refractivity contribution >= 4 is 20.2 Å². The Balaban J connectivity index is 3.09. The predicted molar refractivity (Wildman–Crippen MR) is 151 cm³/mol. The van der Waals surface area contributed by atoms with Gasteiger partial charge in [-0.2, -0.15) is 0 Å². The predicted octanol–water partition coefficient (Wildman–Crippen LogP) is 5.93. The molecule has 0 aliphatic carbocycles. The Labute approximate surface area is 219 Å². The fourth-order valence-corrected chi connectivity index (χ4v) is 10.1. The van der Waals surface area contributed by atoms with Crippen molar-refractivity contribution in [3.8, 4) is 5.75 Å². The fraction of sp³-hybridized carbons (Fsp3) is 0.586. The summed E-state index contributed by atoms with van der Waals surface area (Å²) in [5.74, 6) is 0.210. The van der Waals surface area contributed by atoms with Gasteiger partial charge in [-0.1, -0.05) is 92.7 Å². The van der Waals surface area contributed by atoms with Gasteiger partial charge < -0.3 is 20.2 Å². The molecule has 7 heteroatoms. The summed E-state index contributed by atoms with van der Waals surface area (Å²) < 4.78 is 11.8. The number of carbonyl (C=O) groups excluding carboxylic acids is 2. The number of benzene rings is 1. The van der Waals surface area contributed by atoms with Gasteiger partial charge in [-0.25, -0.2) is 4.79 Å². The van der Waals surface area contributed by atoms with Crippen LogP contribution in [0.15, 0.2) is 49.1 Å². The van der Waals surface area contributed by atoms with Crippen LogP contribution in [-0.4, -0.2) is 38.9 Å². The summed E-state index contributed by atoms with van der Waals surface area (Å²) in [6.45, 7) is 21.2. The highest BCUT2D eigenvalue weighted by molar-refractivity contribution is 6.78. The van der Waals surface area contributed by atoms with Crippen LogP contribution in [0.5, 0.6) is 5.75 Å². The van der Waals surface area contributed by atoms with Crippen molar-refractivity contribution in [2.24, 2.45) is 11.7 Å². The van der Waals surface area contributed by atoms with Crippen molar-refractivity contribution in [3.63, 3.8) is 0 Å². The van der Waals surface area contributed by atoms with Crippen LogP contribution >= 0.6 is 0 Å². The molecule has 0 spiro atoms. The molecular weight excluding hydrogens is 468 g/mol. The number of rotatable bonds is 15. The quantitative estimate of drug-likeness (QED) is 0.131. The molecule has 0 saturated heterocycles. The van der Waals surface area contributed by atoms with Gasteiger partial charge in [-0.3, -0.25) is 4.79 Å². The molecule has 3 N–H and O–H groups in total. The van der Waals surface area contributed by atoms with Gasteiger partial charge in [0.05, 0.1) is 12.1 Å². The molecule has 0 radical (unpaired) electrons. The van der Waals surface area contributed by atoms with E-state index in [4.69, 9.17) is 14.9 Å². The molecular formula is C29H48N2O4Si. The molecule has 202 valence electrons. The third kappa shape index (κ3) is 8.93. The van der Waals surface area contributed by atoms with Crippen molar-refractivity contribution in [3.05, 3.63) is 54.6 Å². The zero-order valence-corrected chi connectivity index (χ0v) is 24.5. The van der Waals surface area contributed by atoms with Crippen LogP contribution in [0.4, 0.5) is 0 Å². The molecule has 36 heavy (non-hydrogen) atoms. The number of carbonyl (C=O) groups is 2. The summed E-state index contributed by atoms with van der Waals surface area (Å²) in [7, 11) is -2.04. The number of amides is 1. The van der Waals surface area contributed by atoms with Gasteiger partial charge in [0, 0.05) is 6.08 Å². The number of nitrogens with one attached hydrogen (secondary N) is 1. The highest BCUT2D eigenvalue weighted by atomic mass is 28.4. The molecule has 0 heterocycles. The first kappa shape index (κ1) is 31.6. The van der Waals surface area contributed by atoms with Crippen molar-refractivity contribution in [2.75, 3.05) is 6.61 Å². The molecule has 0 unspecified atom stereocenters. The molecule has 1 aromatic carbocycles. The largest absolute Gasteiger partial charge is 0.543 e. The zero-order chi connectivity index (χ0) is 27.5. The molecule has 3 atom stereocenters. The number of esters is 1. The van der Waals surface area contributed by atoms with Crippen molar-refractivity contribution < 1.29 is 18.8 Å². The second kappa shape index (κ2) is 15.0. The van der Waals surface area contributed by atoms with Gasteiger partial charge in [0.1, 0.15) is 12.4 Å². The second-order valence-corrected chi connectivity index (χ2v) is 15.9. The molecule has 6 nitrogen and oxygen atoms in total. The highest BCUT2D eigenvalue weighted by Crippen LogP contribution is 2.42. The summed E-state index contributed by atoms with van der Waals surface area (Å²) >= 11 is 0. The van der Waals surface area contributed by atoms with Crippen LogP contribution in [0, 0.1) is 5.92 Å². The van der Waals surface area contributed by atoms with E-state index in [1.165, 1.54) is 12.2 Å². The first-order valence-corrected chi connectivity index (χ1v) is 15.3. The fourth-order valence-electron chi connectivity index (χ4n) is 4.85. The minimum Gasteiger partial charge on any atom is -0.543 e. The molecule has 1 aromatic rings. The van der Waals surface area contributed by atoms with Crippen molar-refractivity contribution in [1.82, 2.24) is 5.32 Å². The van der Waals surface area contributed by atoms with E-state index >= 15 is 0 Å². The van der Waals surface area contributed by atoms with Crippen molar-refractivity contribution in [2.45, 2.75) is 96.9 Å². The van der Waals surface area contributed by atoms with E-state index in [2.05, 4.69) is 53.4 Å². The summed E-state index contributed by atoms with van der Waals surface area (Å²) in [4.78, 5) is 24.7. The molecule has 0 bridgehead atoms. The van der Waals surface area contributed by atoms with E-state index in [1.807, 2.05) is 38.1 Å². The molecule has 0 aliphatic heterocycles. The smallest absolute Gasteiger partial charge is 0.330 e. The lowest BCUT2D eigenvalue weighted by Gasteiger charge is -2.42. The van der Waals surface area contributed by atoms with E-state index in [1.54, 1.807) is 6.08 Å². The molecule has 0 aromatic heterocycles. The van der Waals surface area contributed by atoms with Gasteiger partial charge >= 0.3 is 5.97 Å². The third-order valence-electron chi connectivity index (χ3n) is 7.08. The van der Waals surface area contributed by atoms with E-state index in [0.717, 1.165) is 17.7 Å². The van der Waals surface area contributed by atoms with E-state index in [0.29, 0.717) is 23.0 Å². The van der Waals surface area contributed by atoms with Crippen LogP contribution in [0.2, 0.25) is 16.6 Å². The third-order valence-corrected chi connectivity index (χ3v) is 13.1. The highest BCUT2D eigenvalue weighted by Gasteiger charge is 2.46. The molecule has 0 aliphatic rings. The molecule has 1 amide bonds. The first-order chi connectivity index (χ1) is 16.9. The topological polar surface area (TPSA) is 90.6 Å². The first-order valence-electron chi connectivity index (χ1n) is 13.2. The molecule has 1 rings (SSSR count). The average Bonchev–Trinajstić information content (AvgIpc) is 2.83. The Bertz CT molecular complexity index is 843. The summed E-state index contributed by atoms with van der Waals surface area (Å²) in [6, 6.07) is 7.04. The number of hydrogen-bond acceptors (Lipinski definition) is 5. The average molecular weight is 517 g/mol. The maximum absolute atomic E-state index is 12.7. The van der Waals surface area contributed by atoms with Crippen LogP contribution in [0.3, 0.4) is 0 Å². The van der Waals surface area contributed by atoms with Crippen molar-refractivity contribution in [1.29, 1.82) is 0 Å². The van der Waals surface area contributed by atoms with E-state index in [-0.39, 0.29) is 18.4 Å². The van der Waals surface area contributed by atoms with Gasteiger partial charge in [0.25, 0.3) is 8.32 Å². The van der Waals surface area contributed by atoms with Gasteiger partial charge in [0.2, 0.25) is 5.91 Å². The van der Waals surface area contributed by atoms with E-state index in [9.17, 15) is 9.59 Å². The minimum atomic E-state index is -2.04. The lowest BCUT2D eigenvalue weighted by molar-refractivity contribution is -0.136. The molecule has 0 saturated carbocycles. The van der Waals surface area contributed by atoms with Crippen LogP contribution in [0.1, 0.15) is 67.4 Å². The van der Waals surface area contributed by atoms with Gasteiger partial charge in [0.15, 0.2) is 0 Å². The van der Waals surface area contributed by atoms with Crippen LogP contribution in [-0.2, 0) is 20.7 Å². The maximum atomic E-state index is 12.7.